The highest BCUT2D eigenvalue weighted by Crippen LogP contribution is 2.46. The maximum Gasteiger partial charge on any atom is 0.0470 e. The van der Waals surface area contributed by atoms with Crippen LogP contribution >= 0.6 is 0 Å². The third-order valence-corrected chi connectivity index (χ3v) is 10.2. The van der Waals surface area contributed by atoms with Gasteiger partial charge in [0.15, 0.2) is 0 Å². The third kappa shape index (κ3) is 4.99. The zero-order valence-electron chi connectivity index (χ0n) is 20.4. The minimum atomic E-state index is -0.862. The summed E-state index contributed by atoms with van der Waals surface area (Å²) in [5, 5.41) is 0. The van der Waals surface area contributed by atoms with E-state index < -0.39 is 8.80 Å². The Kier molecular flexibility index (Phi) is 7.45. The van der Waals surface area contributed by atoms with E-state index in [9.17, 15) is 0 Å². The van der Waals surface area contributed by atoms with Gasteiger partial charge in [-0.05, 0) is 44.7 Å². The molecule has 0 aliphatic heterocycles. The third-order valence-electron chi connectivity index (χ3n) is 6.96. The van der Waals surface area contributed by atoms with E-state index >= 15 is 0 Å². The molecule has 1 aliphatic rings. The van der Waals surface area contributed by atoms with Gasteiger partial charge in [0.2, 0.25) is 0 Å². The van der Waals surface area contributed by atoms with Gasteiger partial charge in [0.05, 0.1) is 0 Å². The number of allylic oxidation sites excluding steroid dienone is 1. The van der Waals surface area contributed by atoms with Gasteiger partial charge in [-0.25, -0.2) is 0 Å². The monoisotopic (exact) mass is 418 g/mol. The highest BCUT2D eigenvalue weighted by atomic mass is 28.3. The van der Waals surface area contributed by atoms with Crippen molar-refractivity contribution in [1.82, 2.24) is 0 Å². The lowest BCUT2D eigenvalue weighted by Gasteiger charge is -2.25. The van der Waals surface area contributed by atoms with Crippen LogP contribution in [0.4, 0.5) is 0 Å². The molecule has 2 unspecified atom stereocenters. The predicted octanol–water partition coefficient (Wildman–Crippen LogP) is 8.76. The minimum absolute atomic E-state index is 0.200. The number of hydrogen-bond acceptors (Lipinski definition) is 0. The van der Waals surface area contributed by atoms with E-state index in [4.69, 9.17) is 0 Å². The normalized spacial score (nSPS) is 17.2. The molecule has 0 nitrogen and oxygen atoms in total. The highest BCUT2D eigenvalue weighted by Gasteiger charge is 2.32. The summed E-state index contributed by atoms with van der Waals surface area (Å²) in [5.41, 5.74) is 9.91. The fraction of sp³-hybridized carbons (Fsp3) is 0.517. The first-order chi connectivity index (χ1) is 14.2. The predicted molar refractivity (Wildman–Crippen MR) is 138 cm³/mol. The van der Waals surface area contributed by atoms with Gasteiger partial charge in [0.1, 0.15) is 0 Å². The number of hydrogen-bond donors (Lipinski definition) is 0. The van der Waals surface area contributed by atoms with Crippen molar-refractivity contribution < 1.29 is 0 Å². The van der Waals surface area contributed by atoms with E-state index in [1.807, 2.05) is 0 Å². The molecule has 2 aromatic rings. The largest absolute Gasteiger partial charge is 0.0712 e. The minimum Gasteiger partial charge on any atom is -0.0712 e. The molecule has 0 saturated heterocycles. The van der Waals surface area contributed by atoms with E-state index in [-0.39, 0.29) is 5.41 Å². The Morgan fingerprint density at radius 1 is 0.933 bits per heavy atom. The van der Waals surface area contributed by atoms with Gasteiger partial charge in [-0.1, -0.05) is 134 Å². The van der Waals surface area contributed by atoms with E-state index in [0.717, 1.165) is 5.54 Å². The maximum atomic E-state index is 2.62. The van der Waals surface area contributed by atoms with Crippen LogP contribution < -0.4 is 0 Å². The standard InChI is InChI=1S/C29H42Si/c1-8-9-10-11-19-30(7)28-25-14-12-13-24(27(25)20-26(28)21(2)3)22-15-17-23(18-16-22)29(4,5)6/h12-18,20-21,28,30H,8-11,19H2,1-7H3. The van der Waals surface area contributed by atoms with Crippen molar-refractivity contribution in [2.24, 2.45) is 5.92 Å². The maximum absolute atomic E-state index is 2.62. The molecular formula is C29H42Si. The highest BCUT2D eigenvalue weighted by molar-refractivity contribution is 6.60. The van der Waals surface area contributed by atoms with Crippen LogP contribution in [0.1, 0.15) is 89.5 Å². The van der Waals surface area contributed by atoms with E-state index in [2.05, 4.69) is 96.6 Å². The average Bonchev–Trinajstić information content (AvgIpc) is 3.10. The molecule has 0 bridgehead atoms. The van der Waals surface area contributed by atoms with Gasteiger partial charge in [-0.2, -0.15) is 0 Å². The summed E-state index contributed by atoms with van der Waals surface area (Å²) in [6, 6.07) is 17.8. The molecule has 0 spiro atoms. The van der Waals surface area contributed by atoms with Crippen LogP contribution in [-0.2, 0) is 5.41 Å². The number of benzene rings is 2. The molecule has 0 heterocycles. The SMILES string of the molecule is CCCCCC[SiH](C)C1C(C(C)C)=Cc2c(-c3ccc(C(C)(C)C)cc3)cccc21. The molecule has 1 aliphatic carbocycles. The molecule has 0 aromatic heterocycles. The van der Waals surface area contributed by atoms with Gasteiger partial charge >= 0.3 is 0 Å². The van der Waals surface area contributed by atoms with Crippen molar-refractivity contribution in [3.63, 3.8) is 0 Å². The lowest BCUT2D eigenvalue weighted by Crippen LogP contribution is -2.22. The summed E-state index contributed by atoms with van der Waals surface area (Å²) in [6.45, 7) is 16.6. The van der Waals surface area contributed by atoms with Crippen LogP contribution in [0, 0.1) is 5.92 Å². The Morgan fingerprint density at radius 2 is 1.63 bits per heavy atom. The first kappa shape index (κ1) is 23.1. The molecule has 162 valence electrons. The van der Waals surface area contributed by atoms with Crippen molar-refractivity contribution in [3.8, 4) is 11.1 Å². The first-order valence-corrected chi connectivity index (χ1v) is 14.8. The number of unbranched alkanes of at least 4 members (excludes halogenated alkanes) is 3. The summed E-state index contributed by atoms with van der Waals surface area (Å²) in [5.74, 6) is 0.629. The van der Waals surface area contributed by atoms with Crippen molar-refractivity contribution in [2.45, 2.75) is 90.8 Å². The fourth-order valence-corrected chi connectivity index (χ4v) is 8.38. The van der Waals surface area contributed by atoms with Crippen LogP contribution in [-0.4, -0.2) is 8.80 Å². The summed E-state index contributed by atoms with van der Waals surface area (Å²) in [6.07, 6.45) is 8.12. The summed E-state index contributed by atoms with van der Waals surface area (Å²) in [7, 11) is -0.862. The van der Waals surface area contributed by atoms with Crippen molar-refractivity contribution in [3.05, 3.63) is 64.7 Å². The van der Waals surface area contributed by atoms with Crippen LogP contribution in [0.5, 0.6) is 0 Å². The second-order valence-corrected chi connectivity index (χ2v) is 13.9. The van der Waals surface area contributed by atoms with Crippen LogP contribution in [0.15, 0.2) is 48.0 Å². The van der Waals surface area contributed by atoms with E-state index in [1.165, 1.54) is 54.0 Å². The molecular weight excluding hydrogens is 376 g/mol. The summed E-state index contributed by atoms with van der Waals surface area (Å²) < 4.78 is 0. The molecule has 0 N–H and O–H groups in total. The van der Waals surface area contributed by atoms with E-state index in [0.29, 0.717) is 5.92 Å². The fourth-order valence-electron chi connectivity index (χ4n) is 5.07. The van der Waals surface area contributed by atoms with Crippen LogP contribution in [0.3, 0.4) is 0 Å². The molecule has 2 atom stereocenters. The Bertz CT molecular complexity index is 864. The Hall–Kier alpha value is -1.60. The summed E-state index contributed by atoms with van der Waals surface area (Å²) >= 11 is 0. The molecule has 0 saturated carbocycles. The van der Waals surface area contributed by atoms with Gasteiger partial charge in [-0.15, -0.1) is 0 Å². The van der Waals surface area contributed by atoms with Gasteiger partial charge in [-0.3, -0.25) is 0 Å². The zero-order chi connectivity index (χ0) is 21.9. The number of rotatable bonds is 8. The molecule has 2 aromatic carbocycles. The van der Waals surface area contributed by atoms with Crippen molar-refractivity contribution in [2.75, 3.05) is 0 Å². The Morgan fingerprint density at radius 3 is 2.23 bits per heavy atom. The Balaban J connectivity index is 1.94. The smallest absolute Gasteiger partial charge is 0.0470 e. The van der Waals surface area contributed by atoms with Crippen molar-refractivity contribution in [1.29, 1.82) is 0 Å². The molecule has 30 heavy (non-hydrogen) atoms. The molecule has 1 heteroatoms. The van der Waals surface area contributed by atoms with Crippen molar-refractivity contribution >= 4 is 14.9 Å². The van der Waals surface area contributed by atoms with Gasteiger partial charge in [0.25, 0.3) is 0 Å². The average molecular weight is 419 g/mol. The second-order valence-electron chi connectivity index (χ2n) is 10.7. The first-order valence-electron chi connectivity index (χ1n) is 12.2. The second kappa shape index (κ2) is 9.69. The lowest BCUT2D eigenvalue weighted by molar-refractivity contribution is 0.590. The lowest BCUT2D eigenvalue weighted by atomic mass is 9.86. The van der Waals surface area contributed by atoms with Gasteiger partial charge < -0.3 is 0 Å². The van der Waals surface area contributed by atoms with Crippen LogP contribution in [0.2, 0.25) is 12.6 Å². The summed E-state index contributed by atoms with van der Waals surface area (Å²) in [4.78, 5) is 0. The molecule has 3 rings (SSSR count). The molecule has 0 fully saturated rings. The zero-order valence-corrected chi connectivity index (χ0v) is 21.5. The van der Waals surface area contributed by atoms with Gasteiger partial charge in [0, 0.05) is 8.80 Å². The molecule has 0 radical (unpaired) electrons. The van der Waals surface area contributed by atoms with E-state index in [1.54, 1.807) is 11.1 Å². The topological polar surface area (TPSA) is 0 Å². The molecule has 0 amide bonds. The quantitative estimate of drug-likeness (QED) is 0.297. The van der Waals surface area contributed by atoms with Crippen LogP contribution in [0.25, 0.3) is 17.2 Å². The Labute approximate surface area is 187 Å². The number of fused-ring (bicyclic) bond motifs is 1.